The molecular weight excluding hydrogens is 248 g/mol. The maximum Gasteiger partial charge on any atom is 0.251 e. The predicted octanol–water partition coefficient (Wildman–Crippen LogP) is 2.60. The van der Waals surface area contributed by atoms with E-state index >= 15 is 0 Å². The third-order valence-electron chi connectivity index (χ3n) is 3.02. The first kappa shape index (κ1) is 14.3. The summed E-state index contributed by atoms with van der Waals surface area (Å²) in [5.41, 5.74) is 1.99. The zero-order chi connectivity index (χ0) is 14.0. The van der Waals surface area contributed by atoms with Crippen molar-refractivity contribution in [1.82, 2.24) is 10.6 Å². The molecule has 0 saturated carbocycles. The Morgan fingerprint density at radius 3 is 2.20 bits per heavy atom. The molecule has 1 amide bonds. The van der Waals surface area contributed by atoms with Crippen molar-refractivity contribution in [3.05, 3.63) is 71.8 Å². The Hall–Kier alpha value is -2.13. The van der Waals surface area contributed by atoms with Crippen LogP contribution >= 0.6 is 0 Å². The summed E-state index contributed by atoms with van der Waals surface area (Å²) in [5.74, 6) is -0.00587. The van der Waals surface area contributed by atoms with Crippen molar-refractivity contribution in [3.8, 4) is 0 Å². The third kappa shape index (κ3) is 4.86. The number of benzene rings is 2. The Balaban J connectivity index is 1.57. The molecule has 0 atom stereocenters. The summed E-state index contributed by atoms with van der Waals surface area (Å²) in [6.07, 6.45) is 0.922. The van der Waals surface area contributed by atoms with E-state index in [2.05, 4.69) is 22.8 Å². The van der Waals surface area contributed by atoms with Gasteiger partial charge in [-0.1, -0.05) is 48.5 Å². The second-order valence-electron chi connectivity index (χ2n) is 4.64. The second-order valence-corrected chi connectivity index (χ2v) is 4.64. The van der Waals surface area contributed by atoms with Crippen molar-refractivity contribution < 1.29 is 4.79 Å². The Kier molecular flexibility index (Phi) is 5.80. The molecule has 0 radical (unpaired) electrons. The number of hydrogen-bond donors (Lipinski definition) is 2. The molecule has 0 fully saturated rings. The molecule has 0 aromatic heterocycles. The lowest BCUT2D eigenvalue weighted by atomic mass is 10.2. The van der Waals surface area contributed by atoms with Crippen LogP contribution in [0.2, 0.25) is 0 Å². The summed E-state index contributed by atoms with van der Waals surface area (Å²) in [5, 5.41) is 6.28. The van der Waals surface area contributed by atoms with E-state index in [1.54, 1.807) is 0 Å². The van der Waals surface area contributed by atoms with Crippen LogP contribution in [0, 0.1) is 0 Å². The summed E-state index contributed by atoms with van der Waals surface area (Å²) < 4.78 is 0. The van der Waals surface area contributed by atoms with Gasteiger partial charge < -0.3 is 10.6 Å². The van der Waals surface area contributed by atoms with Crippen molar-refractivity contribution >= 4 is 5.91 Å². The van der Waals surface area contributed by atoms with Crippen LogP contribution < -0.4 is 10.6 Å². The molecule has 104 valence electrons. The molecule has 0 unspecified atom stereocenters. The quantitative estimate of drug-likeness (QED) is 0.758. The van der Waals surface area contributed by atoms with Gasteiger partial charge in [-0.15, -0.1) is 0 Å². The van der Waals surface area contributed by atoms with Crippen LogP contribution in [0.3, 0.4) is 0 Å². The van der Waals surface area contributed by atoms with Gasteiger partial charge in [0.2, 0.25) is 0 Å². The van der Waals surface area contributed by atoms with Crippen LogP contribution in [0.1, 0.15) is 22.3 Å². The van der Waals surface area contributed by atoms with Gasteiger partial charge in [-0.05, 0) is 30.7 Å². The van der Waals surface area contributed by atoms with Crippen LogP contribution in [0.15, 0.2) is 60.7 Å². The average Bonchev–Trinajstić information content (AvgIpc) is 2.52. The molecule has 2 aromatic carbocycles. The first-order valence-electron chi connectivity index (χ1n) is 6.94. The Morgan fingerprint density at radius 2 is 1.50 bits per heavy atom. The second kappa shape index (κ2) is 8.12. The molecule has 20 heavy (non-hydrogen) atoms. The fourth-order valence-electron chi connectivity index (χ4n) is 1.94. The Labute approximate surface area is 120 Å². The number of carbonyl (C=O) groups excluding carboxylic acids is 1. The first-order valence-corrected chi connectivity index (χ1v) is 6.94. The van der Waals surface area contributed by atoms with Crippen molar-refractivity contribution in [2.75, 3.05) is 13.1 Å². The monoisotopic (exact) mass is 268 g/mol. The molecule has 3 heteroatoms. The normalized spacial score (nSPS) is 10.2. The molecule has 2 aromatic rings. The van der Waals surface area contributed by atoms with Crippen LogP contribution in [0.4, 0.5) is 0 Å². The predicted molar refractivity (Wildman–Crippen MR) is 81.5 cm³/mol. The minimum absolute atomic E-state index is 0.00587. The minimum Gasteiger partial charge on any atom is -0.352 e. The highest BCUT2D eigenvalue weighted by Gasteiger charge is 2.02. The molecule has 0 saturated heterocycles. The molecule has 0 bridgehead atoms. The highest BCUT2D eigenvalue weighted by atomic mass is 16.1. The topological polar surface area (TPSA) is 41.1 Å². The van der Waals surface area contributed by atoms with Gasteiger partial charge in [-0.25, -0.2) is 0 Å². The largest absolute Gasteiger partial charge is 0.352 e. The lowest BCUT2D eigenvalue weighted by Crippen LogP contribution is -2.27. The first-order chi connectivity index (χ1) is 9.86. The van der Waals surface area contributed by atoms with E-state index in [-0.39, 0.29) is 5.91 Å². The van der Waals surface area contributed by atoms with Gasteiger partial charge in [-0.2, -0.15) is 0 Å². The van der Waals surface area contributed by atoms with Gasteiger partial charge in [0.15, 0.2) is 0 Å². The van der Waals surface area contributed by atoms with Gasteiger partial charge in [-0.3, -0.25) is 4.79 Å². The van der Waals surface area contributed by atoms with Crippen LogP contribution in [-0.4, -0.2) is 19.0 Å². The van der Waals surface area contributed by atoms with E-state index in [1.807, 2.05) is 48.5 Å². The summed E-state index contributed by atoms with van der Waals surface area (Å²) in [6, 6.07) is 19.6. The molecule has 2 N–H and O–H groups in total. The van der Waals surface area contributed by atoms with Gasteiger partial charge in [0.1, 0.15) is 0 Å². The SMILES string of the molecule is O=C(NCCCNCc1ccccc1)c1ccccc1. The van der Waals surface area contributed by atoms with Gasteiger partial charge in [0.25, 0.3) is 5.91 Å². The summed E-state index contributed by atoms with van der Waals surface area (Å²) in [6.45, 7) is 2.45. The highest BCUT2D eigenvalue weighted by molar-refractivity contribution is 5.94. The molecular formula is C17H20N2O. The number of rotatable bonds is 7. The van der Waals surface area contributed by atoms with E-state index in [0.29, 0.717) is 12.1 Å². The minimum atomic E-state index is -0.00587. The van der Waals surface area contributed by atoms with E-state index in [4.69, 9.17) is 0 Å². The fraction of sp³-hybridized carbons (Fsp3) is 0.235. The number of carbonyl (C=O) groups is 1. The van der Waals surface area contributed by atoms with E-state index in [9.17, 15) is 4.79 Å². The van der Waals surface area contributed by atoms with E-state index in [1.165, 1.54) is 5.56 Å². The molecule has 2 rings (SSSR count). The maximum absolute atomic E-state index is 11.8. The zero-order valence-electron chi connectivity index (χ0n) is 11.5. The number of amides is 1. The van der Waals surface area contributed by atoms with Crippen LogP contribution in [0.25, 0.3) is 0 Å². The number of hydrogen-bond acceptors (Lipinski definition) is 2. The van der Waals surface area contributed by atoms with Crippen molar-refractivity contribution in [3.63, 3.8) is 0 Å². The summed E-state index contributed by atoms with van der Waals surface area (Å²) in [4.78, 5) is 11.8. The lowest BCUT2D eigenvalue weighted by Gasteiger charge is -2.06. The molecule has 3 nitrogen and oxygen atoms in total. The zero-order valence-corrected chi connectivity index (χ0v) is 11.5. The third-order valence-corrected chi connectivity index (χ3v) is 3.02. The van der Waals surface area contributed by atoms with Gasteiger partial charge in [0.05, 0.1) is 0 Å². The van der Waals surface area contributed by atoms with Crippen LogP contribution in [-0.2, 0) is 6.54 Å². The highest BCUT2D eigenvalue weighted by Crippen LogP contribution is 1.98. The average molecular weight is 268 g/mol. The van der Waals surface area contributed by atoms with E-state index in [0.717, 1.165) is 19.5 Å². The molecule has 0 aliphatic rings. The van der Waals surface area contributed by atoms with Crippen molar-refractivity contribution in [2.45, 2.75) is 13.0 Å². The fourth-order valence-corrected chi connectivity index (χ4v) is 1.94. The number of nitrogens with one attached hydrogen (secondary N) is 2. The lowest BCUT2D eigenvalue weighted by molar-refractivity contribution is 0.0953. The van der Waals surface area contributed by atoms with Crippen molar-refractivity contribution in [2.24, 2.45) is 0 Å². The molecule has 0 aliphatic carbocycles. The smallest absolute Gasteiger partial charge is 0.251 e. The Bertz CT molecular complexity index is 511. The van der Waals surface area contributed by atoms with E-state index < -0.39 is 0 Å². The Morgan fingerprint density at radius 1 is 0.850 bits per heavy atom. The molecule has 0 spiro atoms. The summed E-state index contributed by atoms with van der Waals surface area (Å²) >= 11 is 0. The molecule has 0 heterocycles. The van der Waals surface area contributed by atoms with Crippen molar-refractivity contribution in [1.29, 1.82) is 0 Å². The standard InChI is InChI=1S/C17H20N2O/c20-17(16-10-5-2-6-11-16)19-13-7-12-18-14-15-8-3-1-4-9-15/h1-6,8-11,18H,7,12-14H2,(H,19,20). The maximum atomic E-state index is 11.8. The van der Waals surface area contributed by atoms with Crippen LogP contribution in [0.5, 0.6) is 0 Å². The summed E-state index contributed by atoms with van der Waals surface area (Å²) in [7, 11) is 0. The molecule has 0 aliphatic heterocycles. The van der Waals surface area contributed by atoms with Gasteiger partial charge in [0, 0.05) is 18.7 Å². The van der Waals surface area contributed by atoms with Gasteiger partial charge >= 0.3 is 0 Å².